The highest BCUT2D eigenvalue weighted by Crippen LogP contribution is 2.25. The summed E-state index contributed by atoms with van der Waals surface area (Å²) in [7, 11) is -1.50. The first-order chi connectivity index (χ1) is 9.59. The Balaban J connectivity index is 2.09. The van der Waals surface area contributed by atoms with Crippen LogP contribution in [0.3, 0.4) is 0 Å². The number of nitrogens with one attached hydrogen (secondary N) is 1. The SMILES string of the molecule is CCCN1CCN(S(=O)(=O)c2ccsc2CNC)CC1. The van der Waals surface area contributed by atoms with Crippen molar-refractivity contribution in [2.75, 3.05) is 39.8 Å². The molecule has 1 aliphatic rings. The maximum atomic E-state index is 12.7. The van der Waals surface area contributed by atoms with E-state index in [4.69, 9.17) is 0 Å². The number of piperazine rings is 1. The maximum Gasteiger partial charge on any atom is 0.244 e. The first-order valence-corrected chi connectivity index (χ1v) is 9.35. The summed E-state index contributed by atoms with van der Waals surface area (Å²) in [5.74, 6) is 0. The second-order valence-corrected chi connectivity index (χ2v) is 7.89. The van der Waals surface area contributed by atoms with Crippen molar-refractivity contribution in [2.45, 2.75) is 24.8 Å². The molecule has 2 heterocycles. The number of nitrogens with zero attached hydrogens (tertiary/aromatic N) is 2. The van der Waals surface area contributed by atoms with Crippen molar-refractivity contribution in [3.8, 4) is 0 Å². The third-order valence-electron chi connectivity index (χ3n) is 3.53. The summed E-state index contributed by atoms with van der Waals surface area (Å²) in [4.78, 5) is 3.69. The van der Waals surface area contributed by atoms with E-state index in [1.54, 1.807) is 10.4 Å². The highest BCUT2D eigenvalue weighted by molar-refractivity contribution is 7.89. The molecule has 1 fully saturated rings. The monoisotopic (exact) mass is 317 g/mol. The molecule has 0 unspecified atom stereocenters. The fourth-order valence-corrected chi connectivity index (χ4v) is 5.35. The van der Waals surface area contributed by atoms with Crippen molar-refractivity contribution in [2.24, 2.45) is 0 Å². The first-order valence-electron chi connectivity index (χ1n) is 7.03. The molecule has 0 aliphatic carbocycles. The van der Waals surface area contributed by atoms with Crippen molar-refractivity contribution >= 4 is 21.4 Å². The third-order valence-corrected chi connectivity index (χ3v) is 6.56. The summed E-state index contributed by atoms with van der Waals surface area (Å²) in [5.41, 5.74) is 0. The van der Waals surface area contributed by atoms with Crippen LogP contribution in [0.1, 0.15) is 18.2 Å². The Morgan fingerprint density at radius 1 is 1.30 bits per heavy atom. The van der Waals surface area contributed by atoms with Gasteiger partial charge in [-0.2, -0.15) is 4.31 Å². The fourth-order valence-electron chi connectivity index (χ4n) is 2.50. The van der Waals surface area contributed by atoms with E-state index in [9.17, 15) is 8.42 Å². The minimum atomic E-state index is -3.33. The minimum absolute atomic E-state index is 0.473. The number of rotatable bonds is 6. The van der Waals surface area contributed by atoms with Crippen LogP contribution in [0, 0.1) is 0 Å². The van der Waals surface area contributed by atoms with Crippen molar-refractivity contribution in [3.63, 3.8) is 0 Å². The lowest BCUT2D eigenvalue weighted by Gasteiger charge is -2.33. The smallest absolute Gasteiger partial charge is 0.244 e. The Morgan fingerprint density at radius 3 is 2.60 bits per heavy atom. The Hall–Kier alpha value is -0.470. The fraction of sp³-hybridized carbons (Fsp3) is 0.692. The zero-order chi connectivity index (χ0) is 14.6. The van der Waals surface area contributed by atoms with E-state index in [0.717, 1.165) is 30.9 Å². The predicted octanol–water partition coefficient (Wildman–Crippen LogP) is 1.18. The van der Waals surface area contributed by atoms with Gasteiger partial charge in [-0.1, -0.05) is 6.92 Å². The van der Waals surface area contributed by atoms with Gasteiger partial charge in [-0.05, 0) is 31.5 Å². The van der Waals surface area contributed by atoms with Crippen molar-refractivity contribution in [1.82, 2.24) is 14.5 Å². The van der Waals surface area contributed by atoms with E-state index < -0.39 is 10.0 Å². The van der Waals surface area contributed by atoms with E-state index >= 15 is 0 Å². The van der Waals surface area contributed by atoms with Gasteiger partial charge in [-0.15, -0.1) is 11.3 Å². The van der Waals surface area contributed by atoms with Gasteiger partial charge in [0.2, 0.25) is 10.0 Å². The van der Waals surface area contributed by atoms with Gasteiger partial charge in [0.25, 0.3) is 0 Å². The van der Waals surface area contributed by atoms with Crippen LogP contribution in [-0.4, -0.2) is 57.4 Å². The minimum Gasteiger partial charge on any atom is -0.315 e. The van der Waals surface area contributed by atoms with E-state index in [0.29, 0.717) is 24.5 Å². The highest BCUT2D eigenvalue weighted by Gasteiger charge is 2.30. The molecule has 1 aromatic rings. The highest BCUT2D eigenvalue weighted by atomic mass is 32.2. The molecule has 5 nitrogen and oxygen atoms in total. The zero-order valence-corrected chi connectivity index (χ0v) is 13.8. The van der Waals surface area contributed by atoms with Crippen LogP contribution in [0.4, 0.5) is 0 Å². The van der Waals surface area contributed by atoms with Crippen molar-refractivity contribution in [1.29, 1.82) is 0 Å². The van der Waals surface area contributed by atoms with Gasteiger partial charge in [0.05, 0.1) is 4.90 Å². The molecule has 1 N–H and O–H groups in total. The molecule has 0 bridgehead atoms. The van der Waals surface area contributed by atoms with Gasteiger partial charge in [-0.3, -0.25) is 0 Å². The van der Waals surface area contributed by atoms with E-state index in [1.807, 2.05) is 12.4 Å². The van der Waals surface area contributed by atoms with Gasteiger partial charge < -0.3 is 10.2 Å². The predicted molar refractivity (Wildman–Crippen MR) is 82.6 cm³/mol. The number of hydrogen-bond donors (Lipinski definition) is 1. The van der Waals surface area contributed by atoms with E-state index in [2.05, 4.69) is 17.1 Å². The molecule has 7 heteroatoms. The standard InChI is InChI=1S/C13H23N3O2S2/c1-3-5-15-6-8-16(9-7-15)20(17,18)13-4-10-19-12(13)11-14-2/h4,10,14H,3,5-9,11H2,1-2H3. The molecule has 1 saturated heterocycles. The summed E-state index contributed by atoms with van der Waals surface area (Å²) < 4.78 is 27.0. The Bertz CT molecular complexity index is 519. The molecule has 0 aromatic carbocycles. The van der Waals surface area contributed by atoms with Gasteiger partial charge >= 0.3 is 0 Å². The summed E-state index contributed by atoms with van der Waals surface area (Å²) >= 11 is 1.49. The second kappa shape index (κ2) is 7.00. The lowest BCUT2D eigenvalue weighted by atomic mass is 10.3. The van der Waals surface area contributed by atoms with Crippen molar-refractivity contribution < 1.29 is 8.42 Å². The molecule has 1 aromatic heterocycles. The number of thiophene rings is 1. The molecular weight excluding hydrogens is 294 g/mol. The average Bonchev–Trinajstić information content (AvgIpc) is 2.89. The van der Waals surface area contributed by atoms with Gasteiger partial charge in [-0.25, -0.2) is 8.42 Å². The average molecular weight is 317 g/mol. The summed E-state index contributed by atoms with van der Waals surface area (Å²) in [5, 5.41) is 4.88. The second-order valence-electron chi connectivity index (χ2n) is 4.98. The maximum absolute atomic E-state index is 12.7. The van der Waals surface area contributed by atoms with Crippen molar-refractivity contribution in [3.05, 3.63) is 16.3 Å². The molecule has 0 spiro atoms. The van der Waals surface area contributed by atoms with Crippen LogP contribution < -0.4 is 5.32 Å². The normalized spacial score (nSPS) is 18.5. The van der Waals surface area contributed by atoms with Crippen LogP contribution >= 0.6 is 11.3 Å². The van der Waals surface area contributed by atoms with Crippen LogP contribution in [0.5, 0.6) is 0 Å². The van der Waals surface area contributed by atoms with Crippen LogP contribution in [0.15, 0.2) is 16.3 Å². The Kier molecular flexibility index (Phi) is 5.57. The molecule has 0 amide bonds. The molecule has 1 aliphatic heterocycles. The first kappa shape index (κ1) is 15.9. The number of sulfonamides is 1. The summed E-state index contributed by atoms with van der Waals surface area (Å²) in [6.45, 7) is 6.66. The Morgan fingerprint density at radius 2 is 2.00 bits per heavy atom. The van der Waals surface area contributed by atoms with E-state index in [1.165, 1.54) is 11.3 Å². The zero-order valence-electron chi connectivity index (χ0n) is 12.1. The van der Waals surface area contributed by atoms with Gasteiger partial charge in [0, 0.05) is 37.6 Å². The summed E-state index contributed by atoms with van der Waals surface area (Å²) in [6.07, 6.45) is 1.11. The van der Waals surface area contributed by atoms with Gasteiger partial charge in [0.1, 0.15) is 0 Å². The molecule has 0 atom stereocenters. The van der Waals surface area contributed by atoms with E-state index in [-0.39, 0.29) is 0 Å². The molecule has 0 radical (unpaired) electrons. The Labute approximate surface area is 125 Å². The lowest BCUT2D eigenvalue weighted by Crippen LogP contribution is -2.48. The molecule has 114 valence electrons. The van der Waals surface area contributed by atoms with Crippen LogP contribution in [0.2, 0.25) is 0 Å². The quantitative estimate of drug-likeness (QED) is 0.856. The summed E-state index contributed by atoms with van der Waals surface area (Å²) in [6, 6.07) is 1.73. The topological polar surface area (TPSA) is 52.7 Å². The molecule has 2 rings (SSSR count). The molecular formula is C13H23N3O2S2. The van der Waals surface area contributed by atoms with Crippen LogP contribution in [0.25, 0.3) is 0 Å². The lowest BCUT2D eigenvalue weighted by molar-refractivity contribution is 0.188. The molecule has 20 heavy (non-hydrogen) atoms. The largest absolute Gasteiger partial charge is 0.315 e. The van der Waals surface area contributed by atoms with Crippen LogP contribution in [-0.2, 0) is 16.6 Å². The third kappa shape index (κ3) is 3.40. The number of hydrogen-bond acceptors (Lipinski definition) is 5. The van der Waals surface area contributed by atoms with Gasteiger partial charge in [0.15, 0.2) is 0 Å². The molecule has 0 saturated carbocycles.